The fraction of sp³-hybridized carbons (Fsp3) is 0.176. The van der Waals surface area contributed by atoms with Crippen molar-refractivity contribution >= 4 is 46.5 Å². The standard InChI is InChI=1S/C17H15Cl3O2/c1-21-17(22-2)15(11-3-6-13(18)7-4-11)9-12-5-8-14(19)10-16(12)20/h3-10,17H,1-2H3/b15-9+. The highest BCUT2D eigenvalue weighted by atomic mass is 35.5. The van der Waals surface area contributed by atoms with Gasteiger partial charge in [-0.3, -0.25) is 0 Å². The van der Waals surface area contributed by atoms with Crippen molar-refractivity contribution in [2.45, 2.75) is 6.29 Å². The molecule has 22 heavy (non-hydrogen) atoms. The summed E-state index contributed by atoms with van der Waals surface area (Å²) in [6.07, 6.45) is 1.40. The Morgan fingerprint density at radius 1 is 0.909 bits per heavy atom. The minimum Gasteiger partial charge on any atom is -0.352 e. The lowest BCUT2D eigenvalue weighted by molar-refractivity contribution is -0.0585. The molecule has 0 bridgehead atoms. The van der Waals surface area contributed by atoms with E-state index in [0.717, 1.165) is 16.7 Å². The molecule has 0 aliphatic carbocycles. The summed E-state index contributed by atoms with van der Waals surface area (Å²) >= 11 is 18.1. The summed E-state index contributed by atoms with van der Waals surface area (Å²) < 4.78 is 10.8. The van der Waals surface area contributed by atoms with Gasteiger partial charge in [-0.05, 0) is 41.5 Å². The molecule has 5 heteroatoms. The van der Waals surface area contributed by atoms with Gasteiger partial charge in [0.1, 0.15) is 0 Å². The van der Waals surface area contributed by atoms with Crippen molar-refractivity contribution < 1.29 is 9.47 Å². The highest BCUT2D eigenvalue weighted by Crippen LogP contribution is 2.29. The van der Waals surface area contributed by atoms with E-state index < -0.39 is 6.29 Å². The number of rotatable bonds is 5. The van der Waals surface area contributed by atoms with Crippen LogP contribution in [-0.4, -0.2) is 20.5 Å². The van der Waals surface area contributed by atoms with Crippen LogP contribution in [0, 0.1) is 0 Å². The second-order valence-electron chi connectivity index (χ2n) is 4.58. The van der Waals surface area contributed by atoms with Crippen LogP contribution in [0.2, 0.25) is 15.1 Å². The zero-order chi connectivity index (χ0) is 16.1. The largest absolute Gasteiger partial charge is 0.352 e. The van der Waals surface area contributed by atoms with Crippen LogP contribution < -0.4 is 0 Å². The molecule has 0 atom stereocenters. The van der Waals surface area contributed by atoms with Crippen LogP contribution in [0.1, 0.15) is 11.1 Å². The van der Waals surface area contributed by atoms with Crippen molar-refractivity contribution in [2.75, 3.05) is 14.2 Å². The zero-order valence-corrected chi connectivity index (χ0v) is 14.4. The van der Waals surface area contributed by atoms with Gasteiger partial charge in [-0.15, -0.1) is 0 Å². The quantitative estimate of drug-likeness (QED) is 0.497. The minimum absolute atomic E-state index is 0.520. The van der Waals surface area contributed by atoms with E-state index in [4.69, 9.17) is 44.3 Å². The monoisotopic (exact) mass is 356 g/mol. The fourth-order valence-corrected chi connectivity index (χ4v) is 2.66. The molecule has 2 aromatic carbocycles. The summed E-state index contributed by atoms with van der Waals surface area (Å²) in [5.74, 6) is 0. The van der Waals surface area contributed by atoms with Crippen LogP contribution in [0.3, 0.4) is 0 Å². The van der Waals surface area contributed by atoms with Crippen molar-refractivity contribution in [2.24, 2.45) is 0 Å². The molecule has 2 rings (SSSR count). The Morgan fingerprint density at radius 2 is 1.50 bits per heavy atom. The Labute approximate surface area is 145 Å². The molecule has 116 valence electrons. The third-order valence-electron chi connectivity index (χ3n) is 3.13. The molecule has 0 N–H and O–H groups in total. The fourth-order valence-electron chi connectivity index (χ4n) is 2.07. The summed E-state index contributed by atoms with van der Waals surface area (Å²) in [5, 5.41) is 1.81. The van der Waals surface area contributed by atoms with Gasteiger partial charge < -0.3 is 9.47 Å². The maximum absolute atomic E-state index is 6.25. The number of benzene rings is 2. The lowest BCUT2D eigenvalue weighted by atomic mass is 10.0. The number of hydrogen-bond donors (Lipinski definition) is 0. The highest BCUT2D eigenvalue weighted by Gasteiger charge is 2.15. The molecule has 0 aliphatic rings. The van der Waals surface area contributed by atoms with Crippen molar-refractivity contribution in [1.82, 2.24) is 0 Å². The maximum atomic E-state index is 6.25. The van der Waals surface area contributed by atoms with E-state index in [1.54, 1.807) is 26.4 Å². The normalized spacial score (nSPS) is 12.0. The highest BCUT2D eigenvalue weighted by molar-refractivity contribution is 6.35. The Bertz CT molecular complexity index is 662. The molecule has 0 spiro atoms. The second-order valence-corrected chi connectivity index (χ2v) is 5.86. The van der Waals surface area contributed by atoms with Crippen molar-refractivity contribution in [1.29, 1.82) is 0 Å². The summed E-state index contributed by atoms with van der Waals surface area (Å²) in [6, 6.07) is 12.8. The molecule has 0 radical (unpaired) electrons. The lowest BCUT2D eigenvalue weighted by Gasteiger charge is -2.18. The second kappa shape index (κ2) is 8.00. The molecule has 0 fully saturated rings. The summed E-state index contributed by atoms with van der Waals surface area (Å²) in [7, 11) is 3.17. The van der Waals surface area contributed by atoms with E-state index in [1.165, 1.54) is 0 Å². The molecule has 0 aromatic heterocycles. The van der Waals surface area contributed by atoms with E-state index >= 15 is 0 Å². The zero-order valence-electron chi connectivity index (χ0n) is 12.1. The van der Waals surface area contributed by atoms with Gasteiger partial charge >= 0.3 is 0 Å². The SMILES string of the molecule is COC(OC)/C(=C/c1ccc(Cl)cc1Cl)c1ccc(Cl)cc1. The van der Waals surface area contributed by atoms with Crippen LogP contribution in [-0.2, 0) is 9.47 Å². The molecule has 0 aliphatic heterocycles. The first-order valence-electron chi connectivity index (χ1n) is 6.53. The number of methoxy groups -OCH3 is 2. The summed E-state index contributed by atoms with van der Waals surface area (Å²) in [6.45, 7) is 0. The van der Waals surface area contributed by atoms with E-state index in [2.05, 4.69) is 0 Å². The van der Waals surface area contributed by atoms with Crippen molar-refractivity contribution in [3.05, 3.63) is 68.7 Å². The first-order valence-corrected chi connectivity index (χ1v) is 7.66. The van der Waals surface area contributed by atoms with Gasteiger partial charge in [0.25, 0.3) is 0 Å². The molecular weight excluding hydrogens is 343 g/mol. The third kappa shape index (κ3) is 4.25. The van der Waals surface area contributed by atoms with E-state index in [1.807, 2.05) is 36.4 Å². The Hall–Kier alpha value is -1.03. The number of hydrogen-bond acceptors (Lipinski definition) is 2. The molecule has 2 nitrogen and oxygen atoms in total. The molecule has 0 unspecified atom stereocenters. The topological polar surface area (TPSA) is 18.5 Å². The van der Waals surface area contributed by atoms with Crippen LogP contribution in [0.4, 0.5) is 0 Å². The van der Waals surface area contributed by atoms with E-state index in [-0.39, 0.29) is 0 Å². The van der Waals surface area contributed by atoms with Gasteiger partial charge in [0.05, 0.1) is 0 Å². The molecular formula is C17H15Cl3O2. The molecule has 0 saturated heterocycles. The van der Waals surface area contributed by atoms with Crippen LogP contribution in [0.25, 0.3) is 11.6 Å². The summed E-state index contributed by atoms with van der Waals surface area (Å²) in [5.41, 5.74) is 2.60. The van der Waals surface area contributed by atoms with E-state index in [0.29, 0.717) is 15.1 Å². The van der Waals surface area contributed by atoms with Gasteiger partial charge in [-0.2, -0.15) is 0 Å². The molecule has 0 saturated carbocycles. The Balaban J connectivity index is 2.52. The Kier molecular flexibility index (Phi) is 6.30. The predicted octanol–water partition coefficient (Wildman–Crippen LogP) is 5.81. The third-order valence-corrected chi connectivity index (χ3v) is 3.95. The molecule has 0 amide bonds. The number of ether oxygens (including phenoxy) is 2. The average Bonchev–Trinajstić information content (AvgIpc) is 2.50. The first-order chi connectivity index (χ1) is 10.5. The minimum atomic E-state index is -0.520. The van der Waals surface area contributed by atoms with Gasteiger partial charge in [0, 0.05) is 34.9 Å². The predicted molar refractivity (Wildman–Crippen MR) is 93.6 cm³/mol. The van der Waals surface area contributed by atoms with Crippen LogP contribution >= 0.6 is 34.8 Å². The Morgan fingerprint density at radius 3 is 2.05 bits per heavy atom. The van der Waals surface area contributed by atoms with Crippen molar-refractivity contribution in [3.8, 4) is 0 Å². The summed E-state index contributed by atoms with van der Waals surface area (Å²) in [4.78, 5) is 0. The maximum Gasteiger partial charge on any atom is 0.183 e. The van der Waals surface area contributed by atoms with Crippen LogP contribution in [0.15, 0.2) is 42.5 Å². The lowest BCUT2D eigenvalue weighted by Crippen LogP contribution is -2.15. The van der Waals surface area contributed by atoms with Crippen molar-refractivity contribution in [3.63, 3.8) is 0 Å². The molecule has 2 aromatic rings. The van der Waals surface area contributed by atoms with Gasteiger partial charge in [0.2, 0.25) is 0 Å². The average molecular weight is 358 g/mol. The number of halogens is 3. The van der Waals surface area contributed by atoms with Gasteiger partial charge in [0.15, 0.2) is 6.29 Å². The smallest absolute Gasteiger partial charge is 0.183 e. The van der Waals surface area contributed by atoms with Crippen LogP contribution in [0.5, 0.6) is 0 Å². The van der Waals surface area contributed by atoms with Gasteiger partial charge in [-0.25, -0.2) is 0 Å². The van der Waals surface area contributed by atoms with E-state index in [9.17, 15) is 0 Å². The molecule has 0 heterocycles. The van der Waals surface area contributed by atoms with Gasteiger partial charge in [-0.1, -0.05) is 53.0 Å². The first kappa shape index (κ1) is 17.3.